The molecule has 34 heavy (non-hydrogen) atoms. The Morgan fingerprint density at radius 3 is 2.38 bits per heavy atom. The summed E-state index contributed by atoms with van der Waals surface area (Å²) in [5, 5.41) is 3.53. The number of benzene rings is 2. The van der Waals surface area contributed by atoms with Gasteiger partial charge in [-0.05, 0) is 53.1 Å². The summed E-state index contributed by atoms with van der Waals surface area (Å²) in [5.41, 5.74) is 5.54. The van der Waals surface area contributed by atoms with E-state index in [1.807, 2.05) is 30.3 Å². The Hall–Kier alpha value is -3.60. The summed E-state index contributed by atoms with van der Waals surface area (Å²) in [6.07, 6.45) is 2.67. The van der Waals surface area contributed by atoms with Crippen molar-refractivity contribution in [2.24, 2.45) is 0 Å². The number of nitrogens with one attached hydrogen (secondary N) is 1. The molecule has 1 aliphatic heterocycles. The van der Waals surface area contributed by atoms with Crippen molar-refractivity contribution in [3.8, 4) is 0 Å². The number of furan rings is 1. The van der Waals surface area contributed by atoms with E-state index in [0.29, 0.717) is 24.2 Å². The van der Waals surface area contributed by atoms with Crippen LogP contribution in [0.1, 0.15) is 69.4 Å². The molecule has 2 atom stereocenters. The summed E-state index contributed by atoms with van der Waals surface area (Å²) in [6, 6.07) is 19.4. The lowest BCUT2D eigenvalue weighted by Crippen LogP contribution is -2.37. The molecule has 0 saturated heterocycles. The summed E-state index contributed by atoms with van der Waals surface area (Å²) < 4.78 is 5.77. The number of ketones is 1. The number of amides is 1. The van der Waals surface area contributed by atoms with Gasteiger partial charge in [0.1, 0.15) is 11.8 Å². The number of carbonyl (C=O) groups is 2. The smallest absolute Gasteiger partial charge is 0.224 e. The molecule has 0 saturated carbocycles. The fraction of sp³-hybridized carbons (Fsp3) is 0.310. The topological polar surface area (TPSA) is 62.6 Å². The number of rotatable bonds is 2. The van der Waals surface area contributed by atoms with Crippen molar-refractivity contribution in [1.82, 2.24) is 0 Å². The highest BCUT2D eigenvalue weighted by Gasteiger charge is 2.42. The van der Waals surface area contributed by atoms with Gasteiger partial charge in [-0.3, -0.25) is 14.5 Å². The maximum Gasteiger partial charge on any atom is 0.224 e. The number of hydrogen-bond acceptors (Lipinski definition) is 4. The van der Waals surface area contributed by atoms with Crippen molar-refractivity contribution in [2.45, 2.75) is 57.9 Å². The minimum Gasteiger partial charge on any atom is -0.467 e. The minimum atomic E-state index is -0.602. The molecule has 5 rings (SSSR count). The molecule has 1 aliphatic carbocycles. The van der Waals surface area contributed by atoms with Crippen LogP contribution in [0.3, 0.4) is 0 Å². The van der Waals surface area contributed by atoms with Gasteiger partial charge in [0.25, 0.3) is 0 Å². The molecular weight excluding hydrogens is 424 g/mol. The van der Waals surface area contributed by atoms with Crippen LogP contribution >= 0.6 is 0 Å². The fourth-order valence-corrected chi connectivity index (χ4v) is 5.15. The van der Waals surface area contributed by atoms with Gasteiger partial charge in [-0.15, -0.1) is 0 Å². The van der Waals surface area contributed by atoms with Crippen molar-refractivity contribution < 1.29 is 14.0 Å². The number of nitrogens with zero attached hydrogens (tertiary/aromatic N) is 1. The lowest BCUT2D eigenvalue weighted by Gasteiger charge is -2.33. The Morgan fingerprint density at radius 2 is 1.74 bits per heavy atom. The first-order valence-corrected chi connectivity index (χ1v) is 11.8. The molecule has 5 heteroatoms. The highest BCUT2D eigenvalue weighted by atomic mass is 16.3. The van der Waals surface area contributed by atoms with Crippen molar-refractivity contribution in [3.05, 3.63) is 95.1 Å². The standard InChI is InChI=1S/C29H30N2O3/c1-18(32)31-24-9-6-5-8-22(24)30-23-16-20(19-11-13-21(14-12-19)29(2,3)4)17-25(33)27(23)28(31)26-10-7-15-34-26/h5-15,20,28,30H,16-17H2,1-4H3/t20-,28-/m0/s1. The van der Waals surface area contributed by atoms with Gasteiger partial charge in [0.2, 0.25) is 5.91 Å². The maximum absolute atomic E-state index is 13.7. The van der Waals surface area contributed by atoms with Crippen LogP contribution in [0, 0.1) is 0 Å². The zero-order valence-corrected chi connectivity index (χ0v) is 20.1. The molecule has 1 N–H and O–H groups in total. The molecular formula is C29H30N2O3. The maximum atomic E-state index is 13.7. The van der Waals surface area contributed by atoms with Crippen LogP contribution in [0.5, 0.6) is 0 Å². The number of fused-ring (bicyclic) bond motifs is 1. The third-order valence-electron chi connectivity index (χ3n) is 6.89. The number of carbonyl (C=O) groups excluding carboxylic acids is 2. The SMILES string of the molecule is CC(=O)N1c2ccccc2NC2=C(C(=O)C[C@@H](c3ccc(C(C)(C)C)cc3)C2)[C@@H]1c1ccco1. The summed E-state index contributed by atoms with van der Waals surface area (Å²) in [7, 11) is 0. The lowest BCUT2D eigenvalue weighted by molar-refractivity contribution is -0.117. The van der Waals surface area contributed by atoms with E-state index in [4.69, 9.17) is 4.42 Å². The average Bonchev–Trinajstić information content (AvgIpc) is 3.27. The van der Waals surface area contributed by atoms with E-state index in [-0.39, 0.29) is 23.0 Å². The van der Waals surface area contributed by atoms with Gasteiger partial charge in [0.05, 0.1) is 17.6 Å². The van der Waals surface area contributed by atoms with Gasteiger partial charge >= 0.3 is 0 Å². The average molecular weight is 455 g/mol. The van der Waals surface area contributed by atoms with Gasteiger partial charge in [-0.1, -0.05) is 57.2 Å². The van der Waals surface area contributed by atoms with Crippen molar-refractivity contribution in [3.63, 3.8) is 0 Å². The zero-order chi connectivity index (χ0) is 24.0. The molecule has 1 amide bonds. The molecule has 2 aromatic carbocycles. The Bertz CT molecular complexity index is 1260. The van der Waals surface area contributed by atoms with Crippen LogP contribution in [0.25, 0.3) is 0 Å². The van der Waals surface area contributed by atoms with Crippen LogP contribution in [0.4, 0.5) is 11.4 Å². The second-order valence-corrected chi connectivity index (χ2v) is 10.2. The van der Waals surface area contributed by atoms with Crippen molar-refractivity contribution >= 4 is 23.1 Å². The number of anilines is 2. The molecule has 0 radical (unpaired) electrons. The molecule has 3 aromatic rings. The third kappa shape index (κ3) is 3.85. The predicted molar refractivity (Wildman–Crippen MR) is 134 cm³/mol. The van der Waals surface area contributed by atoms with E-state index in [9.17, 15) is 9.59 Å². The second kappa shape index (κ2) is 8.32. The van der Waals surface area contributed by atoms with Crippen LogP contribution < -0.4 is 10.2 Å². The highest BCUT2D eigenvalue weighted by Crippen LogP contribution is 2.47. The van der Waals surface area contributed by atoms with E-state index in [1.165, 1.54) is 12.5 Å². The molecule has 0 spiro atoms. The first kappa shape index (κ1) is 22.2. The molecule has 0 fully saturated rings. The summed E-state index contributed by atoms with van der Waals surface area (Å²) >= 11 is 0. The van der Waals surface area contributed by atoms with Crippen LogP contribution in [-0.4, -0.2) is 11.7 Å². The molecule has 2 aliphatic rings. The number of allylic oxidation sites excluding steroid dienone is 1. The normalized spacial score (nSPS) is 20.4. The number of para-hydroxylation sites is 2. The Balaban J connectivity index is 1.61. The number of hydrogen-bond donors (Lipinski definition) is 1. The fourth-order valence-electron chi connectivity index (χ4n) is 5.15. The molecule has 2 heterocycles. The van der Waals surface area contributed by atoms with Gasteiger partial charge in [-0.2, -0.15) is 0 Å². The van der Waals surface area contributed by atoms with Crippen molar-refractivity contribution in [2.75, 3.05) is 10.2 Å². The van der Waals surface area contributed by atoms with E-state index in [2.05, 4.69) is 50.4 Å². The van der Waals surface area contributed by atoms with Gasteiger partial charge in [-0.25, -0.2) is 0 Å². The van der Waals surface area contributed by atoms with E-state index in [0.717, 1.165) is 22.6 Å². The molecule has 174 valence electrons. The van der Waals surface area contributed by atoms with Gasteiger partial charge in [0.15, 0.2) is 5.78 Å². The van der Waals surface area contributed by atoms with Gasteiger partial charge in [0, 0.05) is 24.6 Å². The lowest BCUT2D eigenvalue weighted by atomic mass is 9.78. The monoisotopic (exact) mass is 454 g/mol. The summed E-state index contributed by atoms with van der Waals surface area (Å²) in [5.74, 6) is 0.555. The Kier molecular flexibility index (Phi) is 5.43. The molecule has 0 unspecified atom stereocenters. The second-order valence-electron chi connectivity index (χ2n) is 10.2. The summed E-state index contributed by atoms with van der Waals surface area (Å²) in [4.78, 5) is 28.3. The third-order valence-corrected chi connectivity index (χ3v) is 6.89. The van der Waals surface area contributed by atoms with Gasteiger partial charge < -0.3 is 9.73 Å². The Morgan fingerprint density at radius 1 is 1.00 bits per heavy atom. The Labute approximate surface area is 200 Å². The highest BCUT2D eigenvalue weighted by molar-refractivity contribution is 6.05. The van der Waals surface area contributed by atoms with Crippen LogP contribution in [0.2, 0.25) is 0 Å². The first-order chi connectivity index (χ1) is 16.2. The van der Waals surface area contributed by atoms with Crippen LogP contribution in [0.15, 0.2) is 82.6 Å². The van der Waals surface area contributed by atoms with E-state index >= 15 is 0 Å². The van der Waals surface area contributed by atoms with E-state index in [1.54, 1.807) is 17.2 Å². The number of Topliss-reactive ketones (excluding diaryl/α,β-unsaturated/α-hetero) is 1. The largest absolute Gasteiger partial charge is 0.467 e. The summed E-state index contributed by atoms with van der Waals surface area (Å²) in [6.45, 7) is 8.13. The van der Waals surface area contributed by atoms with Crippen LogP contribution in [-0.2, 0) is 15.0 Å². The minimum absolute atomic E-state index is 0.0408. The van der Waals surface area contributed by atoms with Crippen molar-refractivity contribution in [1.29, 1.82) is 0 Å². The molecule has 5 nitrogen and oxygen atoms in total. The predicted octanol–water partition coefficient (Wildman–Crippen LogP) is 6.50. The quantitative estimate of drug-likeness (QED) is 0.480. The van der Waals surface area contributed by atoms with E-state index < -0.39 is 6.04 Å². The molecule has 1 aromatic heterocycles. The molecule has 0 bridgehead atoms. The zero-order valence-electron chi connectivity index (χ0n) is 20.1. The first-order valence-electron chi connectivity index (χ1n) is 11.8.